The molecule has 16 heavy (non-hydrogen) atoms. The molecule has 0 spiro atoms. The summed E-state index contributed by atoms with van der Waals surface area (Å²) in [5.41, 5.74) is 0. The second kappa shape index (κ2) is 13.7. The minimum Gasteiger partial charge on any atom is -0.483 e. The zero-order valence-electron chi connectivity index (χ0n) is 10.1. The summed E-state index contributed by atoms with van der Waals surface area (Å²) >= 11 is 0. The van der Waals surface area contributed by atoms with Gasteiger partial charge in [0, 0.05) is 6.08 Å². The first-order valence-electron chi connectivity index (χ1n) is 5.53. The lowest BCUT2D eigenvalue weighted by Gasteiger charge is -2.13. The molecule has 0 radical (unpaired) electrons. The SMILES string of the molecule is C=CC(=O)OCC(CC)CCCC.O=CO. The van der Waals surface area contributed by atoms with Crippen molar-refractivity contribution < 1.29 is 19.4 Å². The molecule has 0 rings (SSSR count). The van der Waals surface area contributed by atoms with Gasteiger partial charge in [0.05, 0.1) is 6.61 Å². The fourth-order valence-corrected chi connectivity index (χ4v) is 1.16. The van der Waals surface area contributed by atoms with Gasteiger partial charge in [-0.3, -0.25) is 4.79 Å². The Morgan fingerprint density at radius 1 is 1.50 bits per heavy atom. The molecule has 0 saturated carbocycles. The van der Waals surface area contributed by atoms with Gasteiger partial charge in [-0.05, 0) is 12.3 Å². The summed E-state index contributed by atoms with van der Waals surface area (Å²) in [5, 5.41) is 6.89. The van der Waals surface area contributed by atoms with Crippen molar-refractivity contribution in [2.45, 2.75) is 39.5 Å². The fourth-order valence-electron chi connectivity index (χ4n) is 1.16. The van der Waals surface area contributed by atoms with Crippen LogP contribution in [0.4, 0.5) is 0 Å². The minimum absolute atomic E-state index is 0.250. The number of carbonyl (C=O) groups is 2. The molecule has 0 saturated heterocycles. The maximum Gasteiger partial charge on any atom is 0.330 e. The summed E-state index contributed by atoms with van der Waals surface area (Å²) in [7, 11) is 0. The second-order valence-corrected chi connectivity index (χ2v) is 3.36. The number of hydrogen-bond donors (Lipinski definition) is 1. The Morgan fingerprint density at radius 3 is 2.44 bits per heavy atom. The third-order valence-electron chi connectivity index (χ3n) is 2.17. The second-order valence-electron chi connectivity index (χ2n) is 3.36. The van der Waals surface area contributed by atoms with Crippen LogP contribution in [0, 0.1) is 5.92 Å². The topological polar surface area (TPSA) is 63.6 Å². The van der Waals surface area contributed by atoms with E-state index in [-0.39, 0.29) is 12.4 Å². The number of carboxylic acid groups (broad SMARTS) is 1. The molecule has 0 aliphatic rings. The molecule has 4 heteroatoms. The molecule has 1 unspecified atom stereocenters. The number of rotatable bonds is 7. The molecule has 94 valence electrons. The normalized spacial score (nSPS) is 10.6. The van der Waals surface area contributed by atoms with E-state index in [2.05, 4.69) is 20.4 Å². The highest BCUT2D eigenvalue weighted by atomic mass is 16.5. The fraction of sp³-hybridized carbons (Fsp3) is 0.667. The van der Waals surface area contributed by atoms with E-state index in [1.54, 1.807) is 0 Å². The number of hydrogen-bond acceptors (Lipinski definition) is 3. The first-order chi connectivity index (χ1) is 7.65. The van der Waals surface area contributed by atoms with Gasteiger partial charge in [-0.1, -0.05) is 39.7 Å². The van der Waals surface area contributed by atoms with E-state index in [1.807, 2.05) is 0 Å². The first-order valence-corrected chi connectivity index (χ1v) is 5.53. The van der Waals surface area contributed by atoms with Crippen molar-refractivity contribution in [1.82, 2.24) is 0 Å². The van der Waals surface area contributed by atoms with E-state index in [9.17, 15) is 4.79 Å². The Kier molecular flexibility index (Phi) is 14.6. The van der Waals surface area contributed by atoms with Crippen LogP contribution in [0.1, 0.15) is 39.5 Å². The van der Waals surface area contributed by atoms with E-state index < -0.39 is 0 Å². The number of esters is 1. The van der Waals surface area contributed by atoms with Gasteiger partial charge in [0.2, 0.25) is 0 Å². The van der Waals surface area contributed by atoms with E-state index in [0.717, 1.165) is 12.8 Å². The van der Waals surface area contributed by atoms with Crippen molar-refractivity contribution >= 4 is 12.4 Å². The van der Waals surface area contributed by atoms with Crippen molar-refractivity contribution in [2.24, 2.45) is 5.92 Å². The number of unbranched alkanes of at least 4 members (excludes halogenated alkanes) is 1. The zero-order valence-corrected chi connectivity index (χ0v) is 10.1. The molecule has 0 heterocycles. The minimum atomic E-state index is -0.310. The molecule has 1 atom stereocenters. The summed E-state index contributed by atoms with van der Waals surface area (Å²) in [6.07, 6.45) is 5.85. The molecule has 0 aliphatic heterocycles. The summed E-state index contributed by atoms with van der Waals surface area (Å²) in [4.78, 5) is 19.1. The van der Waals surface area contributed by atoms with Crippen LogP contribution in [0.15, 0.2) is 12.7 Å². The van der Waals surface area contributed by atoms with Crippen molar-refractivity contribution in [2.75, 3.05) is 6.61 Å². The Morgan fingerprint density at radius 2 is 2.06 bits per heavy atom. The molecule has 0 aromatic heterocycles. The lowest BCUT2D eigenvalue weighted by atomic mass is 10.0. The number of ether oxygens (including phenoxy) is 1. The molecule has 0 fully saturated rings. The quantitative estimate of drug-likeness (QED) is 0.415. The van der Waals surface area contributed by atoms with Crippen LogP contribution in [0.25, 0.3) is 0 Å². The Hall–Kier alpha value is -1.32. The van der Waals surface area contributed by atoms with E-state index >= 15 is 0 Å². The maximum atomic E-state index is 10.8. The standard InChI is InChI=1S/C11H20O2.CH2O2/c1-4-7-8-10(5-2)9-13-11(12)6-3;2-1-3/h6,10H,3-5,7-9H2,1-2H3;1H,(H,2,3). The van der Waals surface area contributed by atoms with Gasteiger partial charge in [-0.2, -0.15) is 0 Å². The predicted octanol–water partition coefficient (Wildman–Crippen LogP) is 2.63. The maximum absolute atomic E-state index is 10.8. The van der Waals surface area contributed by atoms with Crippen LogP contribution in [0.2, 0.25) is 0 Å². The molecule has 0 aromatic rings. The molecule has 1 N–H and O–H groups in total. The summed E-state index contributed by atoms with van der Waals surface area (Å²) in [6.45, 7) is 7.94. The van der Waals surface area contributed by atoms with E-state index in [1.165, 1.54) is 18.9 Å². The highest BCUT2D eigenvalue weighted by Gasteiger charge is 2.07. The van der Waals surface area contributed by atoms with Gasteiger partial charge >= 0.3 is 5.97 Å². The van der Waals surface area contributed by atoms with Crippen LogP contribution in [-0.4, -0.2) is 24.2 Å². The van der Waals surface area contributed by atoms with Crippen molar-refractivity contribution in [3.63, 3.8) is 0 Å². The lowest BCUT2D eigenvalue weighted by molar-refractivity contribution is -0.139. The Labute approximate surface area is 97.3 Å². The molecule has 0 bridgehead atoms. The highest BCUT2D eigenvalue weighted by Crippen LogP contribution is 2.12. The summed E-state index contributed by atoms with van der Waals surface area (Å²) < 4.78 is 4.98. The van der Waals surface area contributed by atoms with Crippen molar-refractivity contribution in [1.29, 1.82) is 0 Å². The third kappa shape index (κ3) is 12.7. The highest BCUT2D eigenvalue weighted by molar-refractivity contribution is 5.81. The summed E-state index contributed by atoms with van der Waals surface area (Å²) in [6, 6.07) is 0. The van der Waals surface area contributed by atoms with Gasteiger partial charge < -0.3 is 9.84 Å². The van der Waals surface area contributed by atoms with Crippen molar-refractivity contribution in [3.05, 3.63) is 12.7 Å². The van der Waals surface area contributed by atoms with Crippen LogP contribution < -0.4 is 0 Å². The largest absolute Gasteiger partial charge is 0.483 e. The van der Waals surface area contributed by atoms with Crippen LogP contribution in [0.3, 0.4) is 0 Å². The van der Waals surface area contributed by atoms with Gasteiger partial charge in [-0.25, -0.2) is 4.79 Å². The van der Waals surface area contributed by atoms with E-state index in [0.29, 0.717) is 12.5 Å². The number of carbonyl (C=O) groups excluding carboxylic acids is 1. The molecule has 4 nitrogen and oxygen atoms in total. The van der Waals surface area contributed by atoms with Crippen LogP contribution in [0.5, 0.6) is 0 Å². The lowest BCUT2D eigenvalue weighted by Crippen LogP contribution is -2.12. The molecular weight excluding hydrogens is 208 g/mol. The van der Waals surface area contributed by atoms with Gasteiger partial charge in [0.25, 0.3) is 6.47 Å². The van der Waals surface area contributed by atoms with Gasteiger partial charge in [0.15, 0.2) is 0 Å². The zero-order chi connectivity index (χ0) is 12.8. The summed E-state index contributed by atoms with van der Waals surface area (Å²) in [5.74, 6) is 0.207. The van der Waals surface area contributed by atoms with E-state index in [4.69, 9.17) is 14.6 Å². The molecule has 0 amide bonds. The Balaban J connectivity index is 0. The average molecular weight is 230 g/mol. The molecule has 0 aromatic carbocycles. The van der Waals surface area contributed by atoms with Gasteiger partial charge in [0.1, 0.15) is 0 Å². The first kappa shape index (κ1) is 17.1. The third-order valence-corrected chi connectivity index (χ3v) is 2.17. The van der Waals surface area contributed by atoms with Crippen LogP contribution >= 0.6 is 0 Å². The Bertz CT molecular complexity index is 189. The van der Waals surface area contributed by atoms with Crippen molar-refractivity contribution in [3.8, 4) is 0 Å². The molecular formula is C12H22O4. The smallest absolute Gasteiger partial charge is 0.330 e. The predicted molar refractivity (Wildman–Crippen MR) is 63.2 cm³/mol. The average Bonchev–Trinajstić information content (AvgIpc) is 2.30. The van der Waals surface area contributed by atoms with Crippen LogP contribution in [-0.2, 0) is 14.3 Å². The monoisotopic (exact) mass is 230 g/mol. The van der Waals surface area contributed by atoms with Gasteiger partial charge in [-0.15, -0.1) is 0 Å². The molecule has 0 aliphatic carbocycles.